The van der Waals surface area contributed by atoms with Crippen molar-refractivity contribution in [2.75, 3.05) is 20.1 Å². The Balaban J connectivity index is 2.38. The van der Waals surface area contributed by atoms with E-state index in [1.165, 1.54) is 37.7 Å². The lowest BCUT2D eigenvalue weighted by Crippen LogP contribution is -2.40. The highest BCUT2D eigenvalue weighted by Crippen LogP contribution is 2.19. The Morgan fingerprint density at radius 1 is 1.20 bits per heavy atom. The van der Waals surface area contributed by atoms with E-state index in [1.807, 2.05) is 0 Å². The van der Waals surface area contributed by atoms with Crippen molar-refractivity contribution in [3.8, 4) is 0 Å². The van der Waals surface area contributed by atoms with Crippen LogP contribution in [0.5, 0.6) is 0 Å². The molecule has 0 aromatic heterocycles. The summed E-state index contributed by atoms with van der Waals surface area (Å²) >= 11 is 0. The highest BCUT2D eigenvalue weighted by molar-refractivity contribution is 6.11. The van der Waals surface area contributed by atoms with E-state index in [-0.39, 0.29) is 53.7 Å². The smallest absolute Gasteiger partial charge is 0.347 e. The van der Waals surface area contributed by atoms with Crippen LogP contribution in [-0.4, -0.2) is 67.7 Å². The average molecular weight is 564 g/mol. The third-order valence-electron chi connectivity index (χ3n) is 5.19. The zero-order valence-electron chi connectivity index (χ0n) is 21.9. The van der Waals surface area contributed by atoms with E-state index >= 15 is 0 Å². The number of carbonyl (C=O) groups is 2. The molecule has 0 saturated carbocycles. The molecule has 40 heavy (non-hydrogen) atoms. The molecule has 1 aromatic rings. The number of carbonyl (C=O) groups excluding carboxylic acids is 2. The molecule has 0 atom stereocenters. The minimum Gasteiger partial charge on any atom is -0.385 e. The third-order valence-corrected chi connectivity index (χ3v) is 5.19. The fourth-order valence-corrected chi connectivity index (χ4v) is 3.35. The Morgan fingerprint density at radius 2 is 1.93 bits per heavy atom. The molecule has 0 fully saturated rings. The fraction of sp³-hybridized carbons (Fsp3) is 0.280. The van der Waals surface area contributed by atoms with Gasteiger partial charge in [0.2, 0.25) is 12.4 Å². The molecule has 1 aliphatic carbocycles. The third kappa shape index (κ3) is 9.49. The number of amidine groups is 1. The number of nitrogens with one attached hydrogen (secondary N) is 6. The number of halogens is 4. The van der Waals surface area contributed by atoms with Gasteiger partial charge in [-0.1, -0.05) is 6.07 Å². The number of hydrogen-bond donors (Lipinski definition) is 6. The lowest BCUT2D eigenvalue weighted by atomic mass is 9.99. The number of nitrogens with zero attached hydrogens (tertiary/aromatic N) is 3. The summed E-state index contributed by atoms with van der Waals surface area (Å²) in [6.45, 7) is 1.74. The first-order valence-corrected chi connectivity index (χ1v) is 11.7. The number of guanidine groups is 1. The maximum Gasteiger partial charge on any atom is 0.347 e. The van der Waals surface area contributed by atoms with Gasteiger partial charge in [-0.15, -0.1) is 0 Å². The molecule has 2 rings (SSSR count). The highest BCUT2D eigenvalue weighted by atomic mass is 19.3. The largest absolute Gasteiger partial charge is 0.385 e. The van der Waals surface area contributed by atoms with Gasteiger partial charge in [0, 0.05) is 31.1 Å². The molecule has 0 spiro atoms. The van der Waals surface area contributed by atoms with E-state index in [0.717, 1.165) is 11.0 Å². The van der Waals surface area contributed by atoms with Crippen LogP contribution < -0.4 is 21.3 Å². The van der Waals surface area contributed by atoms with Gasteiger partial charge in [-0.3, -0.25) is 15.5 Å². The maximum absolute atomic E-state index is 14.0. The second-order valence-corrected chi connectivity index (χ2v) is 8.39. The van der Waals surface area contributed by atoms with Crippen LogP contribution >= 0.6 is 0 Å². The molecule has 3 amide bonds. The molecule has 0 aliphatic heterocycles. The second kappa shape index (κ2) is 14.9. The van der Waals surface area contributed by atoms with Crippen molar-refractivity contribution >= 4 is 36.3 Å². The molecule has 11 nitrogen and oxygen atoms in total. The Morgan fingerprint density at radius 3 is 2.55 bits per heavy atom. The van der Waals surface area contributed by atoms with Crippen molar-refractivity contribution in [3.05, 3.63) is 70.1 Å². The lowest BCUT2D eigenvalue weighted by Gasteiger charge is -2.22. The SMILES string of the molecule is CN/C=N\C(=N)CN(Cc1cc(C)c(F)c(F)c1)C(=O)/N=C(\NC=O)NC1=C/C(=C/NCC(F)F)C(=N)C=C1C. The van der Waals surface area contributed by atoms with Crippen LogP contribution in [0.4, 0.5) is 22.4 Å². The molecule has 1 aromatic carbocycles. The number of aryl methyl sites for hydroxylation is 1. The van der Waals surface area contributed by atoms with Crippen LogP contribution in [0.3, 0.4) is 0 Å². The molecule has 0 heterocycles. The van der Waals surface area contributed by atoms with Crippen molar-refractivity contribution in [1.82, 2.24) is 26.2 Å². The van der Waals surface area contributed by atoms with Crippen molar-refractivity contribution in [1.29, 1.82) is 10.8 Å². The summed E-state index contributed by atoms with van der Waals surface area (Å²) in [6, 6.07) is 1.31. The first-order chi connectivity index (χ1) is 18.9. The van der Waals surface area contributed by atoms with E-state index in [0.29, 0.717) is 11.3 Å². The average Bonchev–Trinajstić information content (AvgIpc) is 2.88. The minimum atomic E-state index is -2.60. The number of aliphatic imine (C=N–C) groups is 2. The number of amides is 3. The molecule has 0 saturated heterocycles. The fourth-order valence-electron chi connectivity index (χ4n) is 3.35. The number of allylic oxidation sites excluding steroid dienone is 4. The zero-order valence-corrected chi connectivity index (χ0v) is 21.9. The molecular weight excluding hydrogens is 534 g/mol. The summed E-state index contributed by atoms with van der Waals surface area (Å²) in [5, 5.41) is 26.1. The number of alkyl halides is 2. The summed E-state index contributed by atoms with van der Waals surface area (Å²) in [5.41, 5.74) is 1.34. The summed E-state index contributed by atoms with van der Waals surface area (Å²) in [6.07, 6.45) is 2.99. The number of rotatable bonds is 10. The normalized spacial score (nSPS) is 14.7. The molecule has 0 unspecified atom stereocenters. The minimum absolute atomic E-state index is 0.0168. The molecule has 6 N–H and O–H groups in total. The van der Waals surface area contributed by atoms with E-state index < -0.39 is 30.6 Å². The second-order valence-electron chi connectivity index (χ2n) is 8.39. The van der Waals surface area contributed by atoms with Gasteiger partial charge >= 0.3 is 6.03 Å². The van der Waals surface area contributed by atoms with Gasteiger partial charge in [0.25, 0.3) is 6.43 Å². The van der Waals surface area contributed by atoms with Gasteiger partial charge in [-0.2, -0.15) is 4.99 Å². The predicted octanol–water partition coefficient (Wildman–Crippen LogP) is 2.71. The van der Waals surface area contributed by atoms with Crippen LogP contribution in [0.2, 0.25) is 0 Å². The Labute approximate surface area is 227 Å². The van der Waals surface area contributed by atoms with Gasteiger partial charge in [0.1, 0.15) is 5.84 Å². The topological polar surface area (TPSA) is 158 Å². The Bertz CT molecular complexity index is 1280. The monoisotopic (exact) mass is 563 g/mol. The van der Waals surface area contributed by atoms with E-state index in [4.69, 9.17) is 10.8 Å². The summed E-state index contributed by atoms with van der Waals surface area (Å²) in [7, 11) is 1.56. The quantitative estimate of drug-likeness (QED) is 0.112. The Kier molecular flexibility index (Phi) is 11.7. The van der Waals surface area contributed by atoms with Crippen LogP contribution in [0.15, 0.2) is 57.3 Å². The van der Waals surface area contributed by atoms with Gasteiger partial charge in [-0.05, 0) is 48.8 Å². The maximum atomic E-state index is 14.0. The molecule has 0 bridgehead atoms. The van der Waals surface area contributed by atoms with E-state index in [2.05, 4.69) is 31.3 Å². The number of hydrogen-bond acceptors (Lipinski definition) is 5. The van der Waals surface area contributed by atoms with Crippen LogP contribution in [0.25, 0.3) is 0 Å². The number of urea groups is 1. The zero-order chi connectivity index (χ0) is 29.8. The van der Waals surface area contributed by atoms with Crippen molar-refractivity contribution in [2.24, 2.45) is 9.98 Å². The molecule has 15 heteroatoms. The van der Waals surface area contributed by atoms with Crippen molar-refractivity contribution < 1.29 is 27.2 Å². The molecular formula is C25H29F4N9O2. The summed E-state index contributed by atoms with van der Waals surface area (Å²) in [5.74, 6) is -2.72. The summed E-state index contributed by atoms with van der Waals surface area (Å²) in [4.78, 5) is 33.1. The van der Waals surface area contributed by atoms with Crippen LogP contribution in [-0.2, 0) is 11.3 Å². The first kappa shape index (κ1) is 31.4. The lowest BCUT2D eigenvalue weighted by molar-refractivity contribution is -0.108. The Hall–Kier alpha value is -4.82. The van der Waals surface area contributed by atoms with Gasteiger partial charge in [0.15, 0.2) is 11.6 Å². The van der Waals surface area contributed by atoms with E-state index in [1.54, 1.807) is 14.0 Å². The summed E-state index contributed by atoms with van der Waals surface area (Å²) < 4.78 is 52.7. The predicted molar refractivity (Wildman–Crippen MR) is 144 cm³/mol. The first-order valence-electron chi connectivity index (χ1n) is 11.7. The van der Waals surface area contributed by atoms with E-state index in [9.17, 15) is 27.2 Å². The standard InChI is InChI=1S/C25H29F4N9O2/c1-14-5-19(30)17(8-33-9-21(27)28)7-20(14)36-24(35-13-39)37-25(40)38(11-22(31)34-12-32-3)10-16-4-15(2)23(29)18(26)6-16/h4-8,12-13,21,30,33H,9-11H2,1-3H3,(H2,31,32,34)(H2,35,36,37,39,40)/b17-8-,30-19?. The van der Waals surface area contributed by atoms with Gasteiger partial charge in [0.05, 0.1) is 25.1 Å². The molecule has 214 valence electrons. The van der Waals surface area contributed by atoms with Crippen LogP contribution in [0, 0.1) is 29.4 Å². The molecule has 0 radical (unpaired) electrons. The van der Waals surface area contributed by atoms with Gasteiger partial charge < -0.3 is 26.3 Å². The highest BCUT2D eigenvalue weighted by Gasteiger charge is 2.20. The van der Waals surface area contributed by atoms with Crippen LogP contribution in [0.1, 0.15) is 18.1 Å². The van der Waals surface area contributed by atoms with Crippen molar-refractivity contribution in [3.63, 3.8) is 0 Å². The van der Waals surface area contributed by atoms with Gasteiger partial charge in [-0.25, -0.2) is 27.3 Å². The van der Waals surface area contributed by atoms with Crippen molar-refractivity contribution in [2.45, 2.75) is 26.8 Å². The number of benzene rings is 1. The molecule has 1 aliphatic rings.